The minimum absolute atomic E-state index is 0.143. The molecule has 0 bridgehead atoms. The summed E-state index contributed by atoms with van der Waals surface area (Å²) in [5.41, 5.74) is 10.1. The van der Waals surface area contributed by atoms with E-state index in [4.69, 9.17) is 17.3 Å². The molecule has 0 amide bonds. The highest BCUT2D eigenvalue weighted by Gasteiger charge is 2.37. The van der Waals surface area contributed by atoms with Crippen molar-refractivity contribution in [3.63, 3.8) is 0 Å². The highest BCUT2D eigenvalue weighted by Crippen LogP contribution is 2.37. The van der Waals surface area contributed by atoms with Crippen LogP contribution in [0.1, 0.15) is 36.0 Å². The second-order valence-electron chi connectivity index (χ2n) is 4.89. The lowest BCUT2D eigenvalue weighted by molar-refractivity contribution is 0.608. The molecule has 0 atom stereocenters. The maximum atomic E-state index is 6.12. The Labute approximate surface area is 96.6 Å². The molecule has 2 heteroatoms. The van der Waals surface area contributed by atoms with E-state index in [1.807, 2.05) is 6.92 Å². The second kappa shape index (κ2) is 3.80. The first kappa shape index (κ1) is 11.0. The van der Waals surface area contributed by atoms with Crippen molar-refractivity contribution in [3.8, 4) is 0 Å². The predicted molar refractivity (Wildman–Crippen MR) is 65.4 cm³/mol. The van der Waals surface area contributed by atoms with E-state index in [9.17, 15) is 0 Å². The SMILES string of the molecule is Cc1cc(C)c(CCC2(N)CC2)cc1Cl. The Morgan fingerprint density at radius 3 is 2.53 bits per heavy atom. The first-order valence-electron chi connectivity index (χ1n) is 5.55. The molecule has 2 N–H and O–H groups in total. The van der Waals surface area contributed by atoms with Crippen LogP contribution in [0.25, 0.3) is 0 Å². The van der Waals surface area contributed by atoms with Gasteiger partial charge in [-0.05, 0) is 62.3 Å². The molecule has 0 spiro atoms. The van der Waals surface area contributed by atoms with Crippen LogP contribution in [-0.2, 0) is 6.42 Å². The highest BCUT2D eigenvalue weighted by atomic mass is 35.5. The molecule has 1 saturated carbocycles. The third-order valence-corrected chi connectivity index (χ3v) is 3.81. The molecule has 2 rings (SSSR count). The standard InChI is InChI=1S/C13H18ClN/c1-9-7-10(2)12(14)8-11(9)3-4-13(15)5-6-13/h7-8H,3-6,15H2,1-2H3. The van der Waals surface area contributed by atoms with E-state index in [0.717, 1.165) is 23.4 Å². The first-order chi connectivity index (χ1) is 7.00. The zero-order valence-corrected chi connectivity index (χ0v) is 10.2. The summed E-state index contributed by atoms with van der Waals surface area (Å²) in [7, 11) is 0. The molecule has 1 aromatic rings. The van der Waals surface area contributed by atoms with Gasteiger partial charge in [0.25, 0.3) is 0 Å². The van der Waals surface area contributed by atoms with Gasteiger partial charge in [-0.3, -0.25) is 0 Å². The topological polar surface area (TPSA) is 26.0 Å². The molecule has 1 aliphatic carbocycles. The molecule has 1 fully saturated rings. The monoisotopic (exact) mass is 223 g/mol. The number of hydrogen-bond donors (Lipinski definition) is 1. The van der Waals surface area contributed by atoms with Crippen LogP contribution in [0.4, 0.5) is 0 Å². The zero-order chi connectivity index (χ0) is 11.1. The number of aryl methyl sites for hydroxylation is 3. The van der Waals surface area contributed by atoms with Crippen LogP contribution < -0.4 is 5.73 Å². The van der Waals surface area contributed by atoms with Gasteiger partial charge >= 0.3 is 0 Å². The molecule has 1 aliphatic rings. The fourth-order valence-electron chi connectivity index (χ4n) is 1.93. The lowest BCUT2D eigenvalue weighted by atomic mass is 9.98. The van der Waals surface area contributed by atoms with Gasteiger partial charge in [0.2, 0.25) is 0 Å². The number of halogens is 1. The van der Waals surface area contributed by atoms with Crippen LogP contribution >= 0.6 is 11.6 Å². The maximum Gasteiger partial charge on any atom is 0.0438 e. The third kappa shape index (κ3) is 2.53. The van der Waals surface area contributed by atoms with Crippen LogP contribution in [0.5, 0.6) is 0 Å². The Morgan fingerprint density at radius 2 is 1.93 bits per heavy atom. The summed E-state index contributed by atoms with van der Waals surface area (Å²) in [6.45, 7) is 4.19. The number of benzene rings is 1. The van der Waals surface area contributed by atoms with Gasteiger partial charge in [-0.25, -0.2) is 0 Å². The maximum absolute atomic E-state index is 6.12. The highest BCUT2D eigenvalue weighted by molar-refractivity contribution is 6.31. The average molecular weight is 224 g/mol. The van der Waals surface area contributed by atoms with Gasteiger partial charge in [0.1, 0.15) is 0 Å². The zero-order valence-electron chi connectivity index (χ0n) is 9.44. The van der Waals surface area contributed by atoms with Crippen molar-refractivity contribution < 1.29 is 0 Å². The smallest absolute Gasteiger partial charge is 0.0438 e. The number of nitrogens with two attached hydrogens (primary N) is 1. The summed E-state index contributed by atoms with van der Waals surface area (Å²) in [5, 5.41) is 0.873. The van der Waals surface area contributed by atoms with E-state index in [0.29, 0.717) is 0 Å². The van der Waals surface area contributed by atoms with Crippen molar-refractivity contribution in [2.45, 2.75) is 45.1 Å². The Balaban J connectivity index is 2.10. The molecule has 1 nitrogen and oxygen atoms in total. The molecule has 0 aromatic heterocycles. The van der Waals surface area contributed by atoms with Gasteiger partial charge in [0, 0.05) is 10.6 Å². The van der Waals surface area contributed by atoms with E-state index < -0.39 is 0 Å². The normalized spacial score (nSPS) is 17.9. The van der Waals surface area contributed by atoms with Crippen LogP contribution in [0.3, 0.4) is 0 Å². The minimum atomic E-state index is 0.143. The molecule has 15 heavy (non-hydrogen) atoms. The minimum Gasteiger partial charge on any atom is -0.325 e. The summed E-state index contributed by atoms with van der Waals surface area (Å²) in [4.78, 5) is 0. The summed E-state index contributed by atoms with van der Waals surface area (Å²) < 4.78 is 0. The number of rotatable bonds is 3. The molecule has 0 saturated heterocycles. The summed E-state index contributed by atoms with van der Waals surface area (Å²) in [5.74, 6) is 0. The van der Waals surface area contributed by atoms with E-state index in [-0.39, 0.29) is 5.54 Å². The molecule has 0 aliphatic heterocycles. The van der Waals surface area contributed by atoms with Gasteiger partial charge in [-0.2, -0.15) is 0 Å². The fourth-order valence-corrected chi connectivity index (χ4v) is 2.12. The Bertz CT molecular complexity index is 380. The second-order valence-corrected chi connectivity index (χ2v) is 5.30. The van der Waals surface area contributed by atoms with Crippen molar-refractivity contribution in [3.05, 3.63) is 33.8 Å². The summed E-state index contributed by atoms with van der Waals surface area (Å²) in [6, 6.07) is 4.26. The van der Waals surface area contributed by atoms with E-state index >= 15 is 0 Å². The lowest BCUT2D eigenvalue weighted by Crippen LogP contribution is -2.22. The van der Waals surface area contributed by atoms with Crippen LogP contribution in [0.15, 0.2) is 12.1 Å². The first-order valence-corrected chi connectivity index (χ1v) is 5.92. The Morgan fingerprint density at radius 1 is 1.27 bits per heavy atom. The van der Waals surface area contributed by atoms with Crippen molar-refractivity contribution in [1.29, 1.82) is 0 Å². The van der Waals surface area contributed by atoms with Crippen LogP contribution in [-0.4, -0.2) is 5.54 Å². The summed E-state index contributed by atoms with van der Waals surface area (Å²) >= 11 is 6.12. The van der Waals surface area contributed by atoms with Crippen molar-refractivity contribution in [2.24, 2.45) is 5.73 Å². The quantitative estimate of drug-likeness (QED) is 0.836. The number of hydrogen-bond acceptors (Lipinski definition) is 1. The molecule has 0 heterocycles. The van der Waals surface area contributed by atoms with Gasteiger partial charge in [0.15, 0.2) is 0 Å². The van der Waals surface area contributed by atoms with Crippen molar-refractivity contribution in [1.82, 2.24) is 0 Å². The van der Waals surface area contributed by atoms with E-state index in [1.165, 1.54) is 24.0 Å². The van der Waals surface area contributed by atoms with Crippen LogP contribution in [0.2, 0.25) is 5.02 Å². The van der Waals surface area contributed by atoms with Gasteiger partial charge < -0.3 is 5.73 Å². The molecule has 82 valence electrons. The van der Waals surface area contributed by atoms with Gasteiger partial charge in [-0.1, -0.05) is 17.7 Å². The molecule has 0 unspecified atom stereocenters. The van der Waals surface area contributed by atoms with Crippen molar-refractivity contribution in [2.75, 3.05) is 0 Å². The van der Waals surface area contributed by atoms with Crippen LogP contribution in [0, 0.1) is 13.8 Å². The molecular formula is C13H18ClN. The molecular weight excluding hydrogens is 206 g/mol. The lowest BCUT2D eigenvalue weighted by Gasteiger charge is -2.11. The van der Waals surface area contributed by atoms with Gasteiger partial charge in [-0.15, -0.1) is 0 Å². The molecule has 1 aromatic carbocycles. The largest absolute Gasteiger partial charge is 0.325 e. The van der Waals surface area contributed by atoms with E-state index in [2.05, 4.69) is 19.1 Å². The fraction of sp³-hybridized carbons (Fsp3) is 0.538. The van der Waals surface area contributed by atoms with Gasteiger partial charge in [0.05, 0.1) is 0 Å². The molecule has 0 radical (unpaired) electrons. The predicted octanol–water partition coefficient (Wildman–Crippen LogP) is 3.38. The Kier molecular flexibility index (Phi) is 2.78. The van der Waals surface area contributed by atoms with E-state index in [1.54, 1.807) is 0 Å². The van der Waals surface area contributed by atoms with Crippen molar-refractivity contribution >= 4 is 11.6 Å². The summed E-state index contributed by atoms with van der Waals surface area (Å²) in [6.07, 6.45) is 4.52. The third-order valence-electron chi connectivity index (χ3n) is 3.40. The average Bonchev–Trinajstić information content (AvgIpc) is 2.89. The Hall–Kier alpha value is -0.530.